The van der Waals surface area contributed by atoms with Crippen LogP contribution in [-0.4, -0.2) is 48.4 Å². The second-order valence-corrected chi connectivity index (χ2v) is 7.29. The number of aryl methyl sites for hydroxylation is 1. The predicted octanol–water partition coefficient (Wildman–Crippen LogP) is 1.24. The first-order chi connectivity index (χ1) is 14.0. The maximum absolute atomic E-state index is 12.9. The van der Waals surface area contributed by atoms with E-state index in [4.69, 9.17) is 0 Å². The Bertz CT molecular complexity index is 1150. The summed E-state index contributed by atoms with van der Waals surface area (Å²) in [5.41, 5.74) is 4.84. The maximum atomic E-state index is 12.9. The number of aromatic amines is 1. The van der Waals surface area contributed by atoms with Crippen molar-refractivity contribution in [1.29, 1.82) is 0 Å². The van der Waals surface area contributed by atoms with Gasteiger partial charge >= 0.3 is 0 Å². The number of benzene rings is 1. The van der Waals surface area contributed by atoms with Crippen LogP contribution in [-0.2, 0) is 23.2 Å². The van der Waals surface area contributed by atoms with Crippen LogP contribution in [0.1, 0.15) is 28.8 Å². The van der Waals surface area contributed by atoms with Crippen molar-refractivity contribution in [3.63, 3.8) is 0 Å². The summed E-state index contributed by atoms with van der Waals surface area (Å²) in [6.45, 7) is 0.334. The van der Waals surface area contributed by atoms with Gasteiger partial charge < -0.3 is 9.47 Å². The van der Waals surface area contributed by atoms with Gasteiger partial charge in [-0.2, -0.15) is 5.10 Å². The van der Waals surface area contributed by atoms with Crippen molar-refractivity contribution >= 4 is 17.7 Å². The molecule has 1 fully saturated rings. The lowest BCUT2D eigenvalue weighted by molar-refractivity contribution is -0.136. The van der Waals surface area contributed by atoms with Crippen LogP contribution in [0.2, 0.25) is 0 Å². The standard InChI is InChI=1S/C20H18N6O3/c1-25-10-21-17(18(25)14-6-7-22-24-14)11-2-3-13-12(8-11)9-26(20(13)29)15-4-5-16(27)23-19(15)28/h2-3,6-8,10,15H,4-5,9H2,1H3,(H,22,24)(H,23,27,28)/t15-/m0/s1. The van der Waals surface area contributed by atoms with Crippen molar-refractivity contribution in [1.82, 2.24) is 30.0 Å². The van der Waals surface area contributed by atoms with Crippen LogP contribution < -0.4 is 5.32 Å². The number of amides is 3. The van der Waals surface area contributed by atoms with Crippen molar-refractivity contribution in [2.24, 2.45) is 7.05 Å². The van der Waals surface area contributed by atoms with Crippen LogP contribution in [0.5, 0.6) is 0 Å². The third-order valence-corrected chi connectivity index (χ3v) is 5.49. The molecule has 9 nitrogen and oxygen atoms in total. The number of hydrogen-bond acceptors (Lipinski definition) is 5. The lowest BCUT2D eigenvalue weighted by Crippen LogP contribution is -2.52. The number of piperidine rings is 1. The molecule has 3 aromatic rings. The first-order valence-corrected chi connectivity index (χ1v) is 9.32. The Labute approximate surface area is 165 Å². The molecule has 0 radical (unpaired) electrons. The largest absolute Gasteiger partial charge is 0.332 e. The normalized spacial score (nSPS) is 18.9. The summed E-state index contributed by atoms with van der Waals surface area (Å²) >= 11 is 0. The number of aromatic nitrogens is 4. The van der Waals surface area contributed by atoms with Gasteiger partial charge in [0, 0.05) is 37.3 Å². The molecule has 5 rings (SSSR count). The summed E-state index contributed by atoms with van der Waals surface area (Å²) in [5.74, 6) is -0.885. The fraction of sp³-hybridized carbons (Fsp3) is 0.250. The SMILES string of the molecule is Cn1cnc(-c2ccc3c(c2)CN([C@H]2CCC(=O)NC2=O)C3=O)c1-c1ccn[nH]1. The van der Waals surface area contributed by atoms with Crippen molar-refractivity contribution in [3.8, 4) is 22.6 Å². The van der Waals surface area contributed by atoms with Gasteiger partial charge in [0.15, 0.2) is 0 Å². The topological polar surface area (TPSA) is 113 Å². The molecule has 2 aliphatic rings. The molecule has 2 aromatic heterocycles. The van der Waals surface area contributed by atoms with Gasteiger partial charge in [0.05, 0.1) is 23.4 Å². The molecule has 4 heterocycles. The van der Waals surface area contributed by atoms with Crippen molar-refractivity contribution in [2.45, 2.75) is 25.4 Å². The zero-order valence-electron chi connectivity index (χ0n) is 15.7. The Hall–Kier alpha value is -3.75. The third-order valence-electron chi connectivity index (χ3n) is 5.49. The number of carbonyl (C=O) groups excluding carboxylic acids is 3. The number of imidazole rings is 1. The number of nitrogens with zero attached hydrogens (tertiary/aromatic N) is 4. The molecule has 2 aliphatic heterocycles. The molecule has 0 saturated carbocycles. The minimum absolute atomic E-state index is 0.184. The molecular weight excluding hydrogens is 372 g/mol. The highest BCUT2D eigenvalue weighted by molar-refractivity contribution is 6.05. The smallest absolute Gasteiger partial charge is 0.255 e. The van der Waals surface area contributed by atoms with Crippen LogP contribution in [0.25, 0.3) is 22.6 Å². The van der Waals surface area contributed by atoms with E-state index in [-0.39, 0.29) is 18.2 Å². The number of hydrogen-bond donors (Lipinski definition) is 2. The molecule has 9 heteroatoms. The average molecular weight is 390 g/mol. The van der Waals surface area contributed by atoms with Gasteiger partial charge in [-0.15, -0.1) is 0 Å². The molecule has 3 amide bonds. The van der Waals surface area contributed by atoms with Gasteiger partial charge in [-0.3, -0.25) is 24.8 Å². The molecule has 1 aromatic carbocycles. The van der Waals surface area contributed by atoms with Crippen LogP contribution >= 0.6 is 0 Å². The van der Waals surface area contributed by atoms with Gasteiger partial charge in [-0.25, -0.2) is 4.98 Å². The van der Waals surface area contributed by atoms with E-state index in [1.165, 1.54) is 0 Å². The van der Waals surface area contributed by atoms with Gasteiger partial charge in [0.1, 0.15) is 6.04 Å². The van der Waals surface area contributed by atoms with E-state index < -0.39 is 11.9 Å². The number of imide groups is 1. The second-order valence-electron chi connectivity index (χ2n) is 7.29. The van der Waals surface area contributed by atoms with Gasteiger partial charge in [0.2, 0.25) is 11.8 Å². The average Bonchev–Trinajstić information content (AvgIpc) is 3.41. The van der Waals surface area contributed by atoms with E-state index >= 15 is 0 Å². The highest BCUT2D eigenvalue weighted by Crippen LogP contribution is 2.34. The Morgan fingerprint density at radius 2 is 2.03 bits per heavy atom. The number of rotatable bonds is 3. The minimum atomic E-state index is -0.619. The first-order valence-electron chi connectivity index (χ1n) is 9.32. The first kappa shape index (κ1) is 17.4. The molecule has 0 spiro atoms. The monoisotopic (exact) mass is 390 g/mol. The van der Waals surface area contributed by atoms with E-state index in [0.29, 0.717) is 18.5 Å². The van der Waals surface area contributed by atoms with E-state index in [1.54, 1.807) is 23.5 Å². The van der Waals surface area contributed by atoms with Gasteiger partial charge in [-0.05, 0) is 30.2 Å². The zero-order chi connectivity index (χ0) is 20.1. The summed E-state index contributed by atoms with van der Waals surface area (Å²) in [7, 11) is 1.91. The molecule has 0 aliphatic carbocycles. The molecule has 2 N–H and O–H groups in total. The van der Waals surface area contributed by atoms with Gasteiger partial charge in [-0.1, -0.05) is 6.07 Å². The molecule has 1 atom stereocenters. The number of H-pyrrole nitrogens is 1. The lowest BCUT2D eigenvalue weighted by atomic mass is 10.0. The summed E-state index contributed by atoms with van der Waals surface area (Å²) in [6, 6.07) is 6.85. The van der Waals surface area contributed by atoms with Crippen LogP contribution in [0, 0.1) is 0 Å². The Morgan fingerprint density at radius 3 is 2.79 bits per heavy atom. The molecule has 0 bridgehead atoms. The summed E-state index contributed by atoms with van der Waals surface area (Å²) in [6.07, 6.45) is 4.01. The Morgan fingerprint density at radius 1 is 1.17 bits per heavy atom. The Balaban J connectivity index is 1.49. The van der Waals surface area contributed by atoms with Crippen LogP contribution in [0.4, 0.5) is 0 Å². The lowest BCUT2D eigenvalue weighted by Gasteiger charge is -2.29. The third kappa shape index (κ3) is 2.74. The fourth-order valence-corrected chi connectivity index (χ4v) is 4.07. The number of nitrogens with one attached hydrogen (secondary N) is 2. The molecule has 0 unspecified atom stereocenters. The van der Waals surface area contributed by atoms with E-state index in [9.17, 15) is 14.4 Å². The van der Waals surface area contributed by atoms with E-state index in [1.807, 2.05) is 29.8 Å². The number of carbonyl (C=O) groups is 3. The predicted molar refractivity (Wildman–Crippen MR) is 102 cm³/mol. The highest BCUT2D eigenvalue weighted by atomic mass is 16.2. The van der Waals surface area contributed by atoms with Crippen molar-refractivity contribution in [3.05, 3.63) is 47.9 Å². The highest BCUT2D eigenvalue weighted by Gasteiger charge is 2.39. The van der Waals surface area contributed by atoms with Crippen LogP contribution in [0.15, 0.2) is 36.8 Å². The van der Waals surface area contributed by atoms with E-state index in [0.717, 1.165) is 28.2 Å². The summed E-state index contributed by atoms with van der Waals surface area (Å²) in [5, 5.41) is 9.30. The van der Waals surface area contributed by atoms with E-state index in [2.05, 4.69) is 20.5 Å². The minimum Gasteiger partial charge on any atom is -0.332 e. The Kier molecular flexibility index (Phi) is 3.83. The van der Waals surface area contributed by atoms with Crippen molar-refractivity contribution in [2.75, 3.05) is 0 Å². The summed E-state index contributed by atoms with van der Waals surface area (Å²) in [4.78, 5) is 42.6. The molecular formula is C20H18N6O3. The second kappa shape index (κ2) is 6.40. The summed E-state index contributed by atoms with van der Waals surface area (Å²) < 4.78 is 1.91. The maximum Gasteiger partial charge on any atom is 0.255 e. The molecule has 29 heavy (non-hydrogen) atoms. The van der Waals surface area contributed by atoms with Gasteiger partial charge in [0.25, 0.3) is 5.91 Å². The zero-order valence-corrected chi connectivity index (χ0v) is 15.7. The quantitative estimate of drug-likeness (QED) is 0.654. The number of fused-ring (bicyclic) bond motifs is 1. The van der Waals surface area contributed by atoms with Crippen molar-refractivity contribution < 1.29 is 14.4 Å². The fourth-order valence-electron chi connectivity index (χ4n) is 4.07. The molecule has 1 saturated heterocycles. The van der Waals surface area contributed by atoms with Crippen LogP contribution in [0.3, 0.4) is 0 Å². The molecule has 146 valence electrons.